The van der Waals surface area contributed by atoms with Gasteiger partial charge < -0.3 is 14.2 Å². The molecule has 0 N–H and O–H groups in total. The van der Waals surface area contributed by atoms with Gasteiger partial charge >= 0.3 is 0 Å². The van der Waals surface area contributed by atoms with E-state index in [4.69, 9.17) is 27.9 Å². The maximum atomic E-state index is 14.8. The Morgan fingerprint density at radius 1 is 1.38 bits per heavy atom. The zero-order chi connectivity index (χ0) is 17.3. The second kappa shape index (κ2) is 7.25. The first-order chi connectivity index (χ1) is 11.5. The Bertz CT molecular complexity index is 779. The second-order valence-electron chi connectivity index (χ2n) is 5.71. The van der Waals surface area contributed by atoms with Crippen LogP contribution in [0.15, 0.2) is 6.20 Å². The Balaban J connectivity index is 1.81. The van der Waals surface area contributed by atoms with Crippen molar-refractivity contribution in [2.75, 3.05) is 19.8 Å². The molecule has 0 spiro atoms. The van der Waals surface area contributed by atoms with Crippen LogP contribution >= 0.6 is 23.2 Å². The van der Waals surface area contributed by atoms with E-state index in [1.165, 1.54) is 6.20 Å². The van der Waals surface area contributed by atoms with Gasteiger partial charge in [0.25, 0.3) is 0 Å². The molecule has 8 heteroatoms. The third-order valence-electron chi connectivity index (χ3n) is 4.10. The highest BCUT2D eigenvalue weighted by molar-refractivity contribution is 6.45. The van der Waals surface area contributed by atoms with Gasteiger partial charge in [0.1, 0.15) is 5.65 Å². The summed E-state index contributed by atoms with van der Waals surface area (Å²) in [7, 11) is 0. The van der Waals surface area contributed by atoms with Gasteiger partial charge in [-0.25, -0.2) is 9.37 Å². The highest BCUT2D eigenvalue weighted by atomic mass is 35.5. The summed E-state index contributed by atoms with van der Waals surface area (Å²) in [4.78, 5) is 18.1. The molecule has 0 aromatic carbocycles. The monoisotopic (exact) mass is 373 g/mol. The Morgan fingerprint density at radius 3 is 2.92 bits per heavy atom. The predicted octanol–water partition coefficient (Wildman–Crippen LogP) is 3.64. The van der Waals surface area contributed by atoms with Gasteiger partial charge in [-0.2, -0.15) is 0 Å². The maximum absolute atomic E-state index is 14.8. The molecular formula is C16H18Cl2FN3O2. The number of aromatic nitrogens is 2. The molecule has 24 heavy (non-hydrogen) atoms. The van der Waals surface area contributed by atoms with Gasteiger partial charge in [-0.15, -0.1) is 0 Å². The summed E-state index contributed by atoms with van der Waals surface area (Å²) >= 11 is 12.1. The number of hydrogen-bond donors (Lipinski definition) is 0. The van der Waals surface area contributed by atoms with Crippen LogP contribution in [0, 0.1) is 5.82 Å². The van der Waals surface area contributed by atoms with Crippen molar-refractivity contribution < 1.29 is 13.9 Å². The van der Waals surface area contributed by atoms with E-state index in [9.17, 15) is 9.18 Å². The van der Waals surface area contributed by atoms with E-state index in [-0.39, 0.29) is 27.9 Å². The number of ether oxygens (including phenoxy) is 1. The minimum Gasteiger partial charge on any atom is -0.381 e. The summed E-state index contributed by atoms with van der Waals surface area (Å²) in [6, 6.07) is 0. The lowest BCUT2D eigenvalue weighted by Crippen LogP contribution is -2.38. The SMILES string of the molecule is CCCOCCC(=O)N1CCn2c(c(F)c3c(Cl)c(Cl)cnc32)C1. The van der Waals surface area contributed by atoms with Crippen LogP contribution in [0.25, 0.3) is 11.0 Å². The van der Waals surface area contributed by atoms with Gasteiger partial charge in [0.2, 0.25) is 5.91 Å². The number of nitrogens with zero attached hydrogens (tertiary/aromatic N) is 3. The molecule has 0 saturated carbocycles. The number of carbonyl (C=O) groups is 1. The molecule has 130 valence electrons. The van der Waals surface area contributed by atoms with E-state index in [0.29, 0.717) is 44.1 Å². The van der Waals surface area contributed by atoms with Crippen LogP contribution in [0.4, 0.5) is 4.39 Å². The highest BCUT2D eigenvalue weighted by Crippen LogP contribution is 2.35. The van der Waals surface area contributed by atoms with Crippen LogP contribution < -0.4 is 0 Å². The average molecular weight is 374 g/mol. The number of carbonyl (C=O) groups excluding carboxylic acids is 1. The molecule has 1 aliphatic heterocycles. The summed E-state index contributed by atoms with van der Waals surface area (Å²) in [5.74, 6) is -0.496. The van der Waals surface area contributed by atoms with E-state index in [2.05, 4.69) is 4.98 Å². The Labute approximate surface area is 149 Å². The smallest absolute Gasteiger partial charge is 0.225 e. The number of fused-ring (bicyclic) bond motifs is 3. The summed E-state index contributed by atoms with van der Waals surface area (Å²) < 4.78 is 21.9. The summed E-state index contributed by atoms with van der Waals surface area (Å²) in [5.41, 5.74) is 0.881. The van der Waals surface area contributed by atoms with Crippen LogP contribution in [0.3, 0.4) is 0 Å². The summed E-state index contributed by atoms with van der Waals surface area (Å²) in [6.45, 7) is 4.22. The van der Waals surface area contributed by atoms with Gasteiger partial charge in [0, 0.05) is 25.9 Å². The van der Waals surface area contributed by atoms with Crippen molar-refractivity contribution in [3.63, 3.8) is 0 Å². The van der Waals surface area contributed by atoms with Crippen molar-refractivity contribution in [1.82, 2.24) is 14.5 Å². The molecule has 0 aliphatic carbocycles. The molecule has 1 amide bonds. The largest absolute Gasteiger partial charge is 0.381 e. The van der Waals surface area contributed by atoms with Crippen molar-refractivity contribution in [1.29, 1.82) is 0 Å². The Hall–Kier alpha value is -1.37. The zero-order valence-electron chi connectivity index (χ0n) is 13.3. The molecule has 2 aromatic heterocycles. The first-order valence-electron chi connectivity index (χ1n) is 7.90. The van der Waals surface area contributed by atoms with Crippen LogP contribution in [0.5, 0.6) is 0 Å². The van der Waals surface area contributed by atoms with Crippen LogP contribution in [0.1, 0.15) is 25.5 Å². The molecule has 0 fully saturated rings. The van der Waals surface area contributed by atoms with Gasteiger partial charge in [-0.3, -0.25) is 4.79 Å². The van der Waals surface area contributed by atoms with Crippen LogP contribution in [-0.2, 0) is 22.6 Å². The fraction of sp³-hybridized carbons (Fsp3) is 0.500. The number of amides is 1. The highest BCUT2D eigenvalue weighted by Gasteiger charge is 2.28. The van der Waals surface area contributed by atoms with Crippen molar-refractivity contribution in [2.24, 2.45) is 0 Å². The lowest BCUT2D eigenvalue weighted by molar-refractivity contribution is -0.133. The van der Waals surface area contributed by atoms with E-state index < -0.39 is 5.82 Å². The lowest BCUT2D eigenvalue weighted by atomic mass is 10.2. The van der Waals surface area contributed by atoms with Crippen molar-refractivity contribution in [3.05, 3.63) is 27.8 Å². The minimum absolute atomic E-state index is 0.0425. The van der Waals surface area contributed by atoms with E-state index in [1.54, 1.807) is 9.47 Å². The van der Waals surface area contributed by atoms with Crippen LogP contribution in [0.2, 0.25) is 10.0 Å². The van der Waals surface area contributed by atoms with Gasteiger partial charge in [0.05, 0.1) is 40.7 Å². The normalized spacial score (nSPS) is 14.2. The molecule has 3 heterocycles. The first-order valence-corrected chi connectivity index (χ1v) is 8.66. The quantitative estimate of drug-likeness (QED) is 0.751. The molecule has 0 unspecified atom stereocenters. The van der Waals surface area contributed by atoms with E-state index in [0.717, 1.165) is 6.42 Å². The zero-order valence-corrected chi connectivity index (χ0v) is 14.8. The van der Waals surface area contributed by atoms with Crippen molar-refractivity contribution >= 4 is 40.1 Å². The molecule has 0 radical (unpaired) electrons. The van der Waals surface area contributed by atoms with Crippen molar-refractivity contribution in [3.8, 4) is 0 Å². The Kier molecular flexibility index (Phi) is 5.27. The number of halogens is 3. The predicted molar refractivity (Wildman–Crippen MR) is 90.9 cm³/mol. The number of rotatable bonds is 5. The minimum atomic E-state index is -0.454. The van der Waals surface area contributed by atoms with Gasteiger partial charge in [-0.05, 0) is 6.42 Å². The van der Waals surface area contributed by atoms with E-state index >= 15 is 0 Å². The molecule has 0 atom stereocenters. The van der Waals surface area contributed by atoms with Crippen molar-refractivity contribution in [2.45, 2.75) is 32.9 Å². The average Bonchev–Trinajstić information content (AvgIpc) is 2.87. The topological polar surface area (TPSA) is 47.4 Å². The second-order valence-corrected chi connectivity index (χ2v) is 6.49. The molecular weight excluding hydrogens is 356 g/mol. The number of hydrogen-bond acceptors (Lipinski definition) is 3. The molecule has 2 aromatic rings. The fourth-order valence-electron chi connectivity index (χ4n) is 2.90. The molecule has 1 aliphatic rings. The van der Waals surface area contributed by atoms with Gasteiger partial charge in [-0.1, -0.05) is 30.1 Å². The molecule has 5 nitrogen and oxygen atoms in total. The third kappa shape index (κ3) is 3.10. The molecule has 0 saturated heterocycles. The number of pyridine rings is 1. The summed E-state index contributed by atoms with van der Waals surface area (Å²) in [5, 5.41) is 0.596. The van der Waals surface area contributed by atoms with E-state index in [1.807, 2.05) is 6.92 Å². The maximum Gasteiger partial charge on any atom is 0.225 e. The lowest BCUT2D eigenvalue weighted by Gasteiger charge is -2.28. The Morgan fingerprint density at radius 2 is 2.17 bits per heavy atom. The standard InChI is InChI=1S/C16H18Cl2FN3O2/c1-2-6-24-7-3-12(23)21-4-5-22-11(9-21)15(19)13-14(18)10(17)8-20-16(13)22/h8H,2-7,9H2,1H3. The van der Waals surface area contributed by atoms with Crippen LogP contribution in [-0.4, -0.2) is 40.1 Å². The molecule has 3 rings (SSSR count). The third-order valence-corrected chi connectivity index (χ3v) is 4.88. The fourth-order valence-corrected chi connectivity index (χ4v) is 3.26. The summed E-state index contributed by atoms with van der Waals surface area (Å²) in [6.07, 6.45) is 2.63. The first kappa shape index (κ1) is 17.5. The molecule has 0 bridgehead atoms. The van der Waals surface area contributed by atoms with Gasteiger partial charge in [0.15, 0.2) is 5.82 Å².